The summed E-state index contributed by atoms with van der Waals surface area (Å²) in [6.45, 7) is 6.49. The Morgan fingerprint density at radius 2 is 2.20 bits per heavy atom. The fraction of sp³-hybridized carbons (Fsp3) is 0.471. The molecule has 106 valence electrons. The van der Waals surface area contributed by atoms with Gasteiger partial charge in [-0.2, -0.15) is 0 Å². The fourth-order valence-corrected chi connectivity index (χ4v) is 3.90. The van der Waals surface area contributed by atoms with Crippen LogP contribution in [-0.2, 0) is 13.0 Å². The molecule has 0 fully saturated rings. The van der Waals surface area contributed by atoms with Crippen molar-refractivity contribution in [1.82, 2.24) is 10.3 Å². The molecule has 0 saturated heterocycles. The minimum absolute atomic E-state index is 0.523. The van der Waals surface area contributed by atoms with Gasteiger partial charge < -0.3 is 5.32 Å². The Balaban J connectivity index is 1.69. The van der Waals surface area contributed by atoms with Crippen LogP contribution < -0.4 is 5.32 Å². The molecule has 3 rings (SSSR count). The lowest BCUT2D eigenvalue weighted by atomic mass is 10.0. The van der Waals surface area contributed by atoms with Gasteiger partial charge in [-0.05, 0) is 36.4 Å². The molecule has 2 nitrogen and oxygen atoms in total. The van der Waals surface area contributed by atoms with Crippen molar-refractivity contribution in [2.45, 2.75) is 39.2 Å². The molecule has 3 heteroatoms. The third-order valence-corrected chi connectivity index (χ3v) is 4.97. The van der Waals surface area contributed by atoms with E-state index in [4.69, 9.17) is 0 Å². The molecular weight excluding hydrogens is 264 g/mol. The lowest BCUT2D eigenvalue weighted by Gasteiger charge is -2.07. The molecule has 0 bridgehead atoms. The minimum atomic E-state index is 0.523. The Morgan fingerprint density at radius 3 is 3.05 bits per heavy atom. The third-order valence-electron chi connectivity index (χ3n) is 3.85. The summed E-state index contributed by atoms with van der Waals surface area (Å²) in [5, 5.41) is 4.78. The topological polar surface area (TPSA) is 24.9 Å². The van der Waals surface area contributed by atoms with Crippen LogP contribution in [0.1, 0.15) is 47.2 Å². The molecule has 0 saturated carbocycles. The third kappa shape index (κ3) is 2.94. The van der Waals surface area contributed by atoms with Gasteiger partial charge in [-0.25, -0.2) is 4.98 Å². The quantitative estimate of drug-likeness (QED) is 0.899. The van der Waals surface area contributed by atoms with Crippen molar-refractivity contribution in [3.63, 3.8) is 0 Å². The highest BCUT2D eigenvalue weighted by molar-refractivity contribution is 7.11. The van der Waals surface area contributed by atoms with E-state index < -0.39 is 0 Å². The van der Waals surface area contributed by atoms with Crippen molar-refractivity contribution in [3.8, 4) is 0 Å². The van der Waals surface area contributed by atoms with E-state index in [2.05, 4.69) is 48.4 Å². The molecule has 1 aromatic heterocycles. The molecule has 0 radical (unpaired) electrons. The molecule has 1 heterocycles. The van der Waals surface area contributed by atoms with Gasteiger partial charge in [0.15, 0.2) is 0 Å². The number of thiazole rings is 1. The molecule has 1 N–H and O–H groups in total. The Bertz CT molecular complexity index is 574. The summed E-state index contributed by atoms with van der Waals surface area (Å²) in [6.07, 6.45) is 4.46. The number of hydrogen-bond donors (Lipinski definition) is 1. The zero-order valence-electron chi connectivity index (χ0n) is 12.2. The van der Waals surface area contributed by atoms with Crippen LogP contribution in [0.2, 0.25) is 0 Å². The number of aromatic nitrogens is 1. The monoisotopic (exact) mass is 286 g/mol. The number of benzene rings is 1. The van der Waals surface area contributed by atoms with Crippen LogP contribution in [0.5, 0.6) is 0 Å². The van der Waals surface area contributed by atoms with Crippen LogP contribution in [0.4, 0.5) is 0 Å². The standard InChI is InChI=1S/C17H22N2S/c1-12(2)9-18-10-14-11-19-17(20-14)16-8-7-13-5-3-4-6-15(13)16/h3-6,11-12,16,18H,7-10H2,1-2H3. The van der Waals surface area contributed by atoms with E-state index >= 15 is 0 Å². The van der Waals surface area contributed by atoms with E-state index in [9.17, 15) is 0 Å². The average Bonchev–Trinajstić information content (AvgIpc) is 3.04. The van der Waals surface area contributed by atoms with Gasteiger partial charge in [0.1, 0.15) is 5.01 Å². The first-order valence-electron chi connectivity index (χ1n) is 7.47. The Labute approximate surface area is 125 Å². The summed E-state index contributed by atoms with van der Waals surface area (Å²) >= 11 is 1.87. The van der Waals surface area contributed by atoms with Crippen molar-refractivity contribution in [2.24, 2.45) is 5.92 Å². The maximum atomic E-state index is 4.67. The Hall–Kier alpha value is -1.19. The lowest BCUT2D eigenvalue weighted by Crippen LogP contribution is -2.18. The second-order valence-electron chi connectivity index (χ2n) is 5.98. The van der Waals surface area contributed by atoms with Crippen molar-refractivity contribution < 1.29 is 0 Å². The molecule has 1 aliphatic carbocycles. The summed E-state index contributed by atoms with van der Waals surface area (Å²) in [5.41, 5.74) is 3.00. The number of hydrogen-bond acceptors (Lipinski definition) is 3. The van der Waals surface area contributed by atoms with Gasteiger partial charge in [-0.3, -0.25) is 0 Å². The van der Waals surface area contributed by atoms with Gasteiger partial charge in [0.25, 0.3) is 0 Å². The summed E-state index contributed by atoms with van der Waals surface area (Å²) in [5.74, 6) is 1.22. The van der Waals surface area contributed by atoms with E-state index in [-0.39, 0.29) is 0 Å². The van der Waals surface area contributed by atoms with Gasteiger partial charge in [-0.1, -0.05) is 38.1 Å². The van der Waals surface area contributed by atoms with Gasteiger partial charge in [-0.15, -0.1) is 11.3 Å². The first-order valence-corrected chi connectivity index (χ1v) is 8.29. The van der Waals surface area contributed by atoms with E-state index in [1.165, 1.54) is 33.9 Å². The second kappa shape index (κ2) is 6.06. The van der Waals surface area contributed by atoms with Crippen LogP contribution in [0.15, 0.2) is 30.5 Å². The highest BCUT2D eigenvalue weighted by atomic mass is 32.1. The molecule has 2 aromatic rings. The van der Waals surface area contributed by atoms with E-state index in [0.717, 1.165) is 13.1 Å². The van der Waals surface area contributed by atoms with Gasteiger partial charge in [0.05, 0.1) is 0 Å². The zero-order valence-corrected chi connectivity index (χ0v) is 13.0. The van der Waals surface area contributed by atoms with Gasteiger partial charge in [0.2, 0.25) is 0 Å². The number of rotatable bonds is 5. The Kier molecular flexibility index (Phi) is 4.18. The first-order chi connectivity index (χ1) is 9.74. The van der Waals surface area contributed by atoms with Crippen molar-refractivity contribution in [1.29, 1.82) is 0 Å². The molecule has 0 spiro atoms. The number of aryl methyl sites for hydroxylation is 1. The normalized spacial score (nSPS) is 17.6. The summed E-state index contributed by atoms with van der Waals surface area (Å²) < 4.78 is 0. The van der Waals surface area contributed by atoms with Gasteiger partial charge in [0, 0.05) is 23.5 Å². The maximum Gasteiger partial charge on any atom is 0.100 e. The van der Waals surface area contributed by atoms with Crippen LogP contribution >= 0.6 is 11.3 Å². The fourth-order valence-electron chi connectivity index (χ4n) is 2.86. The van der Waals surface area contributed by atoms with Crippen molar-refractivity contribution in [2.75, 3.05) is 6.54 Å². The number of nitrogens with one attached hydrogen (secondary N) is 1. The molecule has 20 heavy (non-hydrogen) atoms. The molecule has 1 aromatic carbocycles. The van der Waals surface area contributed by atoms with E-state index in [0.29, 0.717) is 11.8 Å². The smallest absolute Gasteiger partial charge is 0.100 e. The van der Waals surface area contributed by atoms with E-state index in [1.807, 2.05) is 17.5 Å². The number of fused-ring (bicyclic) bond motifs is 1. The Morgan fingerprint density at radius 1 is 1.35 bits per heavy atom. The molecule has 1 aliphatic rings. The average molecular weight is 286 g/mol. The molecule has 0 amide bonds. The predicted octanol–water partition coefficient (Wildman–Crippen LogP) is 3.97. The summed E-state index contributed by atoms with van der Waals surface area (Å²) in [6, 6.07) is 8.82. The summed E-state index contributed by atoms with van der Waals surface area (Å²) in [7, 11) is 0. The van der Waals surface area contributed by atoms with Crippen LogP contribution in [0.25, 0.3) is 0 Å². The number of nitrogens with zero attached hydrogens (tertiary/aromatic N) is 1. The lowest BCUT2D eigenvalue weighted by molar-refractivity contribution is 0.554. The largest absolute Gasteiger partial charge is 0.312 e. The van der Waals surface area contributed by atoms with Crippen LogP contribution in [-0.4, -0.2) is 11.5 Å². The molecule has 1 unspecified atom stereocenters. The van der Waals surface area contributed by atoms with Crippen molar-refractivity contribution >= 4 is 11.3 Å². The second-order valence-corrected chi connectivity index (χ2v) is 7.13. The van der Waals surface area contributed by atoms with Gasteiger partial charge >= 0.3 is 0 Å². The SMILES string of the molecule is CC(C)CNCc1cnc(C2CCc3ccccc32)s1. The van der Waals surface area contributed by atoms with Crippen LogP contribution in [0.3, 0.4) is 0 Å². The predicted molar refractivity (Wildman–Crippen MR) is 85.3 cm³/mol. The van der Waals surface area contributed by atoms with Crippen LogP contribution in [0, 0.1) is 5.92 Å². The van der Waals surface area contributed by atoms with E-state index in [1.54, 1.807) is 0 Å². The maximum absolute atomic E-state index is 4.67. The zero-order chi connectivity index (χ0) is 13.9. The minimum Gasteiger partial charge on any atom is -0.312 e. The van der Waals surface area contributed by atoms with Crippen molar-refractivity contribution in [3.05, 3.63) is 51.5 Å². The highest BCUT2D eigenvalue weighted by Gasteiger charge is 2.25. The molecular formula is C17H22N2S. The molecule has 0 aliphatic heterocycles. The summed E-state index contributed by atoms with van der Waals surface area (Å²) in [4.78, 5) is 6.03. The molecule has 1 atom stereocenters. The first kappa shape index (κ1) is 13.8. The highest BCUT2D eigenvalue weighted by Crippen LogP contribution is 2.39.